The van der Waals surface area contributed by atoms with Gasteiger partial charge in [-0.05, 0) is 19.2 Å². The SMILES string of the molecule is COc1ccc(OC)c(NCCC(=O)N2CCN(C)CC2)c1. The number of nitrogens with zero attached hydrogens (tertiary/aromatic N) is 2. The Labute approximate surface area is 132 Å². The van der Waals surface area contributed by atoms with Crippen LogP contribution in [-0.4, -0.2) is 69.7 Å². The lowest BCUT2D eigenvalue weighted by molar-refractivity contribution is -0.132. The second-order valence-electron chi connectivity index (χ2n) is 5.43. The van der Waals surface area contributed by atoms with E-state index in [1.807, 2.05) is 23.1 Å². The number of methoxy groups -OCH3 is 2. The number of piperazine rings is 1. The predicted octanol–water partition coefficient (Wildman–Crippen LogP) is 1.28. The van der Waals surface area contributed by atoms with Crippen LogP contribution in [0.2, 0.25) is 0 Å². The average Bonchev–Trinajstić information content (AvgIpc) is 2.55. The molecule has 22 heavy (non-hydrogen) atoms. The first-order valence-corrected chi connectivity index (χ1v) is 7.56. The molecule has 1 aromatic carbocycles. The first kappa shape index (κ1) is 16.4. The van der Waals surface area contributed by atoms with Crippen LogP contribution in [-0.2, 0) is 4.79 Å². The summed E-state index contributed by atoms with van der Waals surface area (Å²) in [6, 6.07) is 5.57. The summed E-state index contributed by atoms with van der Waals surface area (Å²) in [4.78, 5) is 16.4. The summed E-state index contributed by atoms with van der Waals surface area (Å²) in [5.41, 5.74) is 0.841. The standard InChI is InChI=1S/C16H25N3O3/c1-18-8-10-19(11-9-18)16(20)6-7-17-14-12-13(21-2)4-5-15(14)22-3/h4-5,12,17H,6-11H2,1-3H3. The van der Waals surface area contributed by atoms with Crippen LogP contribution in [0.25, 0.3) is 0 Å². The van der Waals surface area contributed by atoms with Crippen molar-refractivity contribution >= 4 is 11.6 Å². The van der Waals surface area contributed by atoms with Crippen molar-refractivity contribution in [3.8, 4) is 11.5 Å². The zero-order valence-electron chi connectivity index (χ0n) is 13.6. The highest BCUT2D eigenvalue weighted by atomic mass is 16.5. The molecule has 1 aliphatic rings. The van der Waals surface area contributed by atoms with Crippen LogP contribution in [0.1, 0.15) is 6.42 Å². The molecule has 0 saturated carbocycles. The number of amides is 1. The van der Waals surface area contributed by atoms with Crippen LogP contribution < -0.4 is 14.8 Å². The van der Waals surface area contributed by atoms with E-state index in [2.05, 4.69) is 17.3 Å². The summed E-state index contributed by atoms with van der Waals surface area (Å²) >= 11 is 0. The van der Waals surface area contributed by atoms with Gasteiger partial charge in [0.25, 0.3) is 0 Å². The number of hydrogen-bond acceptors (Lipinski definition) is 5. The second kappa shape index (κ2) is 7.89. The molecule has 0 spiro atoms. The third-order valence-corrected chi connectivity index (χ3v) is 3.92. The molecule has 1 aromatic rings. The molecule has 1 heterocycles. The Morgan fingerprint density at radius 1 is 1.18 bits per heavy atom. The molecule has 6 nitrogen and oxygen atoms in total. The Morgan fingerprint density at radius 3 is 2.55 bits per heavy atom. The van der Waals surface area contributed by atoms with Crippen molar-refractivity contribution in [2.24, 2.45) is 0 Å². The fraction of sp³-hybridized carbons (Fsp3) is 0.562. The van der Waals surface area contributed by atoms with E-state index < -0.39 is 0 Å². The lowest BCUT2D eigenvalue weighted by Gasteiger charge is -2.32. The van der Waals surface area contributed by atoms with Crippen molar-refractivity contribution in [3.63, 3.8) is 0 Å². The van der Waals surface area contributed by atoms with Gasteiger partial charge in [0.2, 0.25) is 5.91 Å². The second-order valence-corrected chi connectivity index (χ2v) is 5.43. The first-order valence-electron chi connectivity index (χ1n) is 7.56. The van der Waals surface area contributed by atoms with Gasteiger partial charge in [0.15, 0.2) is 0 Å². The first-order chi connectivity index (χ1) is 10.6. The van der Waals surface area contributed by atoms with E-state index in [0.29, 0.717) is 13.0 Å². The molecule has 0 atom stereocenters. The normalized spacial score (nSPS) is 15.5. The summed E-state index contributed by atoms with van der Waals surface area (Å²) in [5.74, 6) is 1.70. The molecule has 0 radical (unpaired) electrons. The highest BCUT2D eigenvalue weighted by Gasteiger charge is 2.18. The zero-order valence-corrected chi connectivity index (χ0v) is 13.6. The zero-order chi connectivity index (χ0) is 15.9. The average molecular weight is 307 g/mol. The number of anilines is 1. The number of nitrogens with one attached hydrogen (secondary N) is 1. The van der Waals surface area contributed by atoms with Crippen molar-refractivity contribution in [1.29, 1.82) is 0 Å². The molecule has 1 aliphatic heterocycles. The topological polar surface area (TPSA) is 54.0 Å². The quantitative estimate of drug-likeness (QED) is 0.858. The molecular formula is C16H25N3O3. The summed E-state index contributed by atoms with van der Waals surface area (Å²) in [6.45, 7) is 4.11. The molecule has 6 heteroatoms. The Morgan fingerprint density at radius 2 is 1.91 bits per heavy atom. The van der Waals surface area contributed by atoms with E-state index in [0.717, 1.165) is 43.4 Å². The maximum Gasteiger partial charge on any atom is 0.224 e. The van der Waals surface area contributed by atoms with Gasteiger partial charge in [-0.25, -0.2) is 0 Å². The molecular weight excluding hydrogens is 282 g/mol. The predicted molar refractivity (Wildman–Crippen MR) is 86.7 cm³/mol. The van der Waals surface area contributed by atoms with Crippen molar-refractivity contribution < 1.29 is 14.3 Å². The fourth-order valence-electron chi connectivity index (χ4n) is 2.47. The van der Waals surface area contributed by atoms with E-state index in [1.54, 1.807) is 14.2 Å². The van der Waals surface area contributed by atoms with Gasteiger partial charge < -0.3 is 24.6 Å². The minimum absolute atomic E-state index is 0.197. The number of ether oxygens (including phenoxy) is 2. The van der Waals surface area contributed by atoms with E-state index in [-0.39, 0.29) is 5.91 Å². The molecule has 1 fully saturated rings. The van der Waals surface area contributed by atoms with E-state index in [1.165, 1.54) is 0 Å². The lowest BCUT2D eigenvalue weighted by atomic mass is 10.2. The van der Waals surface area contributed by atoms with Crippen molar-refractivity contribution in [2.45, 2.75) is 6.42 Å². The molecule has 1 saturated heterocycles. The minimum Gasteiger partial charge on any atom is -0.497 e. The van der Waals surface area contributed by atoms with Gasteiger partial charge in [-0.2, -0.15) is 0 Å². The Balaban J connectivity index is 1.84. The Kier molecular flexibility index (Phi) is 5.89. The molecule has 122 valence electrons. The fourth-order valence-corrected chi connectivity index (χ4v) is 2.47. The summed E-state index contributed by atoms with van der Waals surface area (Å²) in [5, 5.41) is 3.25. The van der Waals surface area contributed by atoms with Crippen molar-refractivity contribution in [2.75, 3.05) is 59.3 Å². The van der Waals surface area contributed by atoms with Crippen molar-refractivity contribution in [1.82, 2.24) is 9.80 Å². The third-order valence-electron chi connectivity index (χ3n) is 3.92. The van der Waals surface area contributed by atoms with E-state index >= 15 is 0 Å². The largest absolute Gasteiger partial charge is 0.497 e. The number of rotatable bonds is 6. The van der Waals surface area contributed by atoms with Gasteiger partial charge in [0, 0.05) is 45.2 Å². The smallest absolute Gasteiger partial charge is 0.224 e. The highest BCUT2D eigenvalue weighted by molar-refractivity contribution is 5.77. The maximum absolute atomic E-state index is 12.2. The van der Waals surface area contributed by atoms with Crippen LogP contribution in [0, 0.1) is 0 Å². The Bertz CT molecular complexity index is 499. The van der Waals surface area contributed by atoms with Crippen LogP contribution in [0.15, 0.2) is 18.2 Å². The number of hydrogen-bond donors (Lipinski definition) is 1. The van der Waals surface area contributed by atoms with Crippen LogP contribution >= 0.6 is 0 Å². The van der Waals surface area contributed by atoms with Crippen molar-refractivity contribution in [3.05, 3.63) is 18.2 Å². The van der Waals surface area contributed by atoms with Gasteiger partial charge in [-0.3, -0.25) is 4.79 Å². The molecule has 1 amide bonds. The van der Waals surface area contributed by atoms with Gasteiger partial charge >= 0.3 is 0 Å². The number of likely N-dealkylation sites (N-methyl/N-ethyl adjacent to an activating group) is 1. The molecule has 0 bridgehead atoms. The summed E-state index contributed by atoms with van der Waals surface area (Å²) < 4.78 is 10.5. The maximum atomic E-state index is 12.2. The van der Waals surface area contributed by atoms with Gasteiger partial charge in [-0.1, -0.05) is 0 Å². The molecule has 0 aromatic heterocycles. The third kappa shape index (κ3) is 4.27. The van der Waals surface area contributed by atoms with Gasteiger partial charge in [-0.15, -0.1) is 0 Å². The number of carbonyl (C=O) groups excluding carboxylic acids is 1. The van der Waals surface area contributed by atoms with Crippen LogP contribution in [0.3, 0.4) is 0 Å². The molecule has 2 rings (SSSR count). The summed E-state index contributed by atoms with van der Waals surface area (Å²) in [7, 11) is 5.34. The Hall–Kier alpha value is -1.95. The molecule has 0 unspecified atom stereocenters. The van der Waals surface area contributed by atoms with Crippen LogP contribution in [0.4, 0.5) is 5.69 Å². The summed E-state index contributed by atoms with van der Waals surface area (Å²) in [6.07, 6.45) is 0.476. The number of carbonyl (C=O) groups is 1. The van der Waals surface area contributed by atoms with Gasteiger partial charge in [0.05, 0.1) is 19.9 Å². The van der Waals surface area contributed by atoms with Crippen LogP contribution in [0.5, 0.6) is 11.5 Å². The van der Waals surface area contributed by atoms with E-state index in [9.17, 15) is 4.79 Å². The lowest BCUT2D eigenvalue weighted by Crippen LogP contribution is -2.47. The molecule has 1 N–H and O–H groups in total. The molecule has 0 aliphatic carbocycles. The number of benzene rings is 1. The highest BCUT2D eigenvalue weighted by Crippen LogP contribution is 2.28. The minimum atomic E-state index is 0.197. The monoisotopic (exact) mass is 307 g/mol. The van der Waals surface area contributed by atoms with Gasteiger partial charge in [0.1, 0.15) is 11.5 Å². The van der Waals surface area contributed by atoms with E-state index in [4.69, 9.17) is 9.47 Å².